The number of rotatable bonds is 8. The van der Waals surface area contributed by atoms with Crippen LogP contribution in [0.1, 0.15) is 57.3 Å². The summed E-state index contributed by atoms with van der Waals surface area (Å²) in [5, 5.41) is 3.14. The van der Waals surface area contributed by atoms with Crippen molar-refractivity contribution in [2.45, 2.75) is 59.1 Å². The van der Waals surface area contributed by atoms with Crippen LogP contribution in [0.25, 0.3) is 0 Å². The standard InChI is InChI=1S/C20H31NO4/c1-5-23-18-8-7-15(12-19(18)24-6-2)20(22)21-16-9-10-25-17(13-16)11-14(3)4/h7-8,12,14,16-17H,5-6,9-11,13H2,1-4H3,(H,21,22)/t16-,17+/m0/s1. The molecule has 1 aliphatic rings. The third-order valence-electron chi connectivity index (χ3n) is 4.24. The second kappa shape index (κ2) is 9.66. The number of hydrogen-bond acceptors (Lipinski definition) is 4. The van der Waals surface area contributed by atoms with Crippen molar-refractivity contribution >= 4 is 5.91 Å². The molecule has 1 aromatic carbocycles. The van der Waals surface area contributed by atoms with E-state index in [0.29, 0.717) is 42.8 Å². The van der Waals surface area contributed by atoms with E-state index in [9.17, 15) is 4.79 Å². The summed E-state index contributed by atoms with van der Waals surface area (Å²) in [7, 11) is 0. The molecule has 1 saturated heterocycles. The molecular weight excluding hydrogens is 318 g/mol. The zero-order valence-electron chi connectivity index (χ0n) is 15.8. The van der Waals surface area contributed by atoms with Crippen molar-refractivity contribution in [3.8, 4) is 11.5 Å². The first kappa shape index (κ1) is 19.6. The van der Waals surface area contributed by atoms with E-state index in [-0.39, 0.29) is 18.1 Å². The Morgan fingerprint density at radius 2 is 1.96 bits per heavy atom. The lowest BCUT2D eigenvalue weighted by molar-refractivity contribution is -0.00846. The predicted molar refractivity (Wildman–Crippen MR) is 98.5 cm³/mol. The van der Waals surface area contributed by atoms with E-state index in [1.807, 2.05) is 13.8 Å². The van der Waals surface area contributed by atoms with Gasteiger partial charge in [-0.3, -0.25) is 4.79 Å². The van der Waals surface area contributed by atoms with Crippen molar-refractivity contribution in [1.29, 1.82) is 0 Å². The van der Waals surface area contributed by atoms with Crippen LogP contribution in [-0.4, -0.2) is 37.9 Å². The second-order valence-corrected chi connectivity index (χ2v) is 6.84. The number of carbonyl (C=O) groups excluding carboxylic acids is 1. The smallest absolute Gasteiger partial charge is 0.251 e. The summed E-state index contributed by atoms with van der Waals surface area (Å²) in [5.41, 5.74) is 0.596. The average molecular weight is 349 g/mol. The van der Waals surface area contributed by atoms with Gasteiger partial charge in [-0.05, 0) is 57.2 Å². The molecule has 1 aliphatic heterocycles. The minimum atomic E-state index is -0.0702. The van der Waals surface area contributed by atoms with Gasteiger partial charge in [-0.2, -0.15) is 0 Å². The monoisotopic (exact) mass is 349 g/mol. The van der Waals surface area contributed by atoms with Gasteiger partial charge in [-0.25, -0.2) is 0 Å². The molecule has 5 nitrogen and oxygen atoms in total. The Morgan fingerprint density at radius 3 is 2.64 bits per heavy atom. The minimum Gasteiger partial charge on any atom is -0.490 e. The molecule has 1 aromatic rings. The molecule has 0 bridgehead atoms. The van der Waals surface area contributed by atoms with Crippen molar-refractivity contribution in [1.82, 2.24) is 5.32 Å². The Morgan fingerprint density at radius 1 is 1.24 bits per heavy atom. The van der Waals surface area contributed by atoms with Gasteiger partial charge in [0.15, 0.2) is 11.5 Å². The van der Waals surface area contributed by atoms with Gasteiger partial charge in [-0.1, -0.05) is 13.8 Å². The highest BCUT2D eigenvalue weighted by Crippen LogP contribution is 2.29. The molecule has 1 amide bonds. The normalized spacial score (nSPS) is 20.4. The minimum absolute atomic E-state index is 0.0702. The molecule has 0 aromatic heterocycles. The molecule has 0 spiro atoms. The van der Waals surface area contributed by atoms with Crippen molar-refractivity contribution in [3.05, 3.63) is 23.8 Å². The maximum absolute atomic E-state index is 12.6. The van der Waals surface area contributed by atoms with E-state index in [0.717, 1.165) is 19.3 Å². The number of carbonyl (C=O) groups is 1. The quantitative estimate of drug-likeness (QED) is 0.775. The summed E-state index contributed by atoms with van der Waals surface area (Å²) in [6, 6.07) is 5.50. The van der Waals surface area contributed by atoms with Crippen LogP contribution in [0, 0.1) is 5.92 Å². The molecule has 0 saturated carbocycles. The van der Waals surface area contributed by atoms with Crippen LogP contribution in [0.3, 0.4) is 0 Å². The highest BCUT2D eigenvalue weighted by molar-refractivity contribution is 5.95. The lowest BCUT2D eigenvalue weighted by Gasteiger charge is -2.31. The molecule has 0 unspecified atom stereocenters. The largest absolute Gasteiger partial charge is 0.490 e. The molecule has 0 radical (unpaired) electrons. The van der Waals surface area contributed by atoms with Crippen molar-refractivity contribution in [2.24, 2.45) is 5.92 Å². The van der Waals surface area contributed by atoms with Gasteiger partial charge in [0.1, 0.15) is 0 Å². The van der Waals surface area contributed by atoms with Crippen LogP contribution in [0.2, 0.25) is 0 Å². The van der Waals surface area contributed by atoms with Gasteiger partial charge in [0, 0.05) is 18.2 Å². The molecule has 1 heterocycles. The lowest BCUT2D eigenvalue weighted by atomic mass is 9.96. The van der Waals surface area contributed by atoms with Crippen LogP contribution >= 0.6 is 0 Å². The van der Waals surface area contributed by atoms with E-state index < -0.39 is 0 Å². The Bertz CT molecular complexity index is 559. The maximum atomic E-state index is 12.6. The molecular formula is C20H31NO4. The fraction of sp³-hybridized carbons (Fsp3) is 0.650. The molecule has 140 valence electrons. The average Bonchev–Trinajstić information content (AvgIpc) is 2.56. The van der Waals surface area contributed by atoms with Crippen LogP contribution in [0.5, 0.6) is 11.5 Å². The Hall–Kier alpha value is -1.75. The zero-order valence-corrected chi connectivity index (χ0v) is 15.8. The fourth-order valence-electron chi connectivity index (χ4n) is 3.16. The molecule has 0 aliphatic carbocycles. The molecule has 25 heavy (non-hydrogen) atoms. The fourth-order valence-corrected chi connectivity index (χ4v) is 3.16. The first-order chi connectivity index (χ1) is 12.0. The summed E-state index contributed by atoms with van der Waals surface area (Å²) < 4.78 is 17.0. The third-order valence-corrected chi connectivity index (χ3v) is 4.24. The Balaban J connectivity index is 2.01. The zero-order chi connectivity index (χ0) is 18.2. The van der Waals surface area contributed by atoms with Crippen LogP contribution in [-0.2, 0) is 4.74 Å². The summed E-state index contributed by atoms with van der Waals surface area (Å²) in [5.74, 6) is 1.81. The summed E-state index contributed by atoms with van der Waals surface area (Å²) in [6.07, 6.45) is 3.00. The highest BCUT2D eigenvalue weighted by atomic mass is 16.5. The van der Waals surface area contributed by atoms with E-state index in [1.165, 1.54) is 0 Å². The highest BCUT2D eigenvalue weighted by Gasteiger charge is 2.25. The van der Waals surface area contributed by atoms with Crippen LogP contribution in [0.15, 0.2) is 18.2 Å². The molecule has 1 N–H and O–H groups in total. The number of hydrogen-bond donors (Lipinski definition) is 1. The summed E-state index contributed by atoms with van der Waals surface area (Å²) in [6.45, 7) is 10.0. The van der Waals surface area contributed by atoms with Gasteiger partial charge in [0.05, 0.1) is 19.3 Å². The van der Waals surface area contributed by atoms with Gasteiger partial charge >= 0.3 is 0 Å². The van der Waals surface area contributed by atoms with Crippen molar-refractivity contribution in [2.75, 3.05) is 19.8 Å². The van der Waals surface area contributed by atoms with Crippen molar-refractivity contribution in [3.63, 3.8) is 0 Å². The van der Waals surface area contributed by atoms with Crippen molar-refractivity contribution < 1.29 is 19.0 Å². The van der Waals surface area contributed by atoms with Crippen LogP contribution in [0.4, 0.5) is 0 Å². The first-order valence-electron chi connectivity index (χ1n) is 9.35. The maximum Gasteiger partial charge on any atom is 0.251 e. The summed E-state index contributed by atoms with van der Waals surface area (Å²) in [4.78, 5) is 12.6. The third kappa shape index (κ3) is 5.92. The predicted octanol–water partition coefficient (Wildman–Crippen LogP) is 3.81. The number of benzene rings is 1. The van der Waals surface area contributed by atoms with E-state index >= 15 is 0 Å². The lowest BCUT2D eigenvalue weighted by Crippen LogP contribution is -2.42. The van der Waals surface area contributed by atoms with E-state index in [2.05, 4.69) is 19.2 Å². The van der Waals surface area contributed by atoms with Gasteiger partial charge in [0.25, 0.3) is 5.91 Å². The number of nitrogens with one attached hydrogen (secondary N) is 1. The SMILES string of the molecule is CCOc1ccc(C(=O)N[C@H]2CCO[C@H](CC(C)C)C2)cc1OCC. The molecule has 2 rings (SSSR count). The molecule has 5 heteroatoms. The second-order valence-electron chi connectivity index (χ2n) is 6.84. The van der Waals surface area contributed by atoms with Gasteiger partial charge < -0.3 is 19.5 Å². The van der Waals surface area contributed by atoms with E-state index in [4.69, 9.17) is 14.2 Å². The summed E-state index contributed by atoms with van der Waals surface area (Å²) >= 11 is 0. The number of amides is 1. The van der Waals surface area contributed by atoms with Gasteiger partial charge in [-0.15, -0.1) is 0 Å². The van der Waals surface area contributed by atoms with E-state index in [1.54, 1.807) is 18.2 Å². The Labute approximate surface area is 151 Å². The van der Waals surface area contributed by atoms with Crippen LogP contribution < -0.4 is 14.8 Å². The van der Waals surface area contributed by atoms with Gasteiger partial charge in [0.2, 0.25) is 0 Å². The topological polar surface area (TPSA) is 56.8 Å². The molecule has 2 atom stereocenters. The number of ether oxygens (including phenoxy) is 3. The first-order valence-corrected chi connectivity index (χ1v) is 9.35. The molecule has 1 fully saturated rings. The Kier molecular flexibility index (Phi) is 7.56.